The van der Waals surface area contributed by atoms with Gasteiger partial charge >= 0.3 is 12.5 Å². The lowest BCUT2D eigenvalue weighted by atomic mass is 9.57. The average Bonchev–Trinajstić information content (AvgIpc) is 2.78. The van der Waals surface area contributed by atoms with Crippen molar-refractivity contribution >= 4 is 31.5 Å². The van der Waals surface area contributed by atoms with Crippen molar-refractivity contribution in [1.29, 1.82) is 0 Å². The van der Waals surface area contributed by atoms with Gasteiger partial charge in [0.1, 0.15) is 15.6 Å². The quantitative estimate of drug-likeness (QED) is 0.476. The van der Waals surface area contributed by atoms with E-state index < -0.39 is 65.9 Å². The summed E-state index contributed by atoms with van der Waals surface area (Å²) in [4.78, 5) is 13.2. The van der Waals surface area contributed by atoms with E-state index in [9.17, 15) is 48.0 Å². The average molecular weight is 593 g/mol. The highest BCUT2D eigenvalue weighted by molar-refractivity contribution is 7.94. The number of fused-ring (bicyclic) bond motifs is 3. The van der Waals surface area contributed by atoms with Gasteiger partial charge in [-0.1, -0.05) is 0 Å². The molecule has 0 atom stereocenters. The highest BCUT2D eigenvalue weighted by Gasteiger charge is 2.61. The first kappa shape index (κ1) is 28.8. The number of nitrogens with one attached hydrogen (secondary N) is 2. The molecule has 2 N–H and O–H groups in total. The van der Waals surface area contributed by atoms with Crippen LogP contribution in [0.15, 0.2) is 18.2 Å². The van der Waals surface area contributed by atoms with Crippen molar-refractivity contribution in [2.75, 3.05) is 16.2 Å². The van der Waals surface area contributed by atoms with Gasteiger partial charge in [-0.2, -0.15) is 13.2 Å². The Morgan fingerprint density at radius 2 is 1.50 bits per heavy atom. The summed E-state index contributed by atoms with van der Waals surface area (Å²) in [5, 5.41) is 1.54. The van der Waals surface area contributed by atoms with Crippen LogP contribution >= 0.6 is 0 Å². The fourth-order valence-corrected chi connectivity index (χ4v) is 8.81. The first-order valence-electron chi connectivity index (χ1n) is 11.9. The first-order valence-corrected chi connectivity index (χ1v) is 15.2. The van der Waals surface area contributed by atoms with E-state index >= 15 is 0 Å². The van der Waals surface area contributed by atoms with E-state index in [2.05, 4.69) is 14.8 Å². The molecule has 1 heterocycles. The highest BCUT2D eigenvalue weighted by atomic mass is 32.2. The molecule has 16 heteroatoms. The number of rotatable bonds is 6. The number of halogens is 6. The number of carbonyl (C=O) groups is 1. The number of alkyl halides is 6. The molecule has 1 amide bonds. The van der Waals surface area contributed by atoms with Crippen molar-refractivity contribution in [3.8, 4) is 5.75 Å². The number of sulfone groups is 1. The number of benzene rings is 1. The summed E-state index contributed by atoms with van der Waals surface area (Å²) in [6, 6.07) is 2.44. The molecule has 2 bridgehead atoms. The summed E-state index contributed by atoms with van der Waals surface area (Å²) in [6.45, 7) is 0. The Balaban J connectivity index is 1.58. The Bertz CT molecular complexity index is 1270. The lowest BCUT2D eigenvalue weighted by Crippen LogP contribution is -2.59. The van der Waals surface area contributed by atoms with Crippen LogP contribution in [-0.2, 0) is 19.9 Å². The topological polar surface area (TPSA) is 119 Å². The number of sulfonamides is 1. The molecular formula is C22H26F6N2O6S2. The maximum Gasteiger partial charge on any atom is 0.573 e. The minimum Gasteiger partial charge on any atom is -0.406 e. The lowest BCUT2D eigenvalue weighted by Gasteiger charge is -2.53. The second kappa shape index (κ2) is 9.45. The van der Waals surface area contributed by atoms with Crippen molar-refractivity contribution in [2.45, 2.75) is 74.7 Å². The number of amides is 1. The summed E-state index contributed by atoms with van der Waals surface area (Å²) in [5.41, 5.74) is -3.63. The van der Waals surface area contributed by atoms with Crippen LogP contribution in [0, 0.1) is 5.41 Å². The van der Waals surface area contributed by atoms with E-state index in [0.29, 0.717) is 6.07 Å². The van der Waals surface area contributed by atoms with Crippen LogP contribution in [0.25, 0.3) is 0 Å². The number of anilines is 1. The molecule has 3 saturated carbocycles. The minimum absolute atomic E-state index is 0.0468. The summed E-state index contributed by atoms with van der Waals surface area (Å²) in [6.07, 6.45) is -10.4. The summed E-state index contributed by atoms with van der Waals surface area (Å²) < 4.78 is 134. The molecule has 0 spiro atoms. The molecule has 8 nitrogen and oxygen atoms in total. The van der Waals surface area contributed by atoms with Gasteiger partial charge in [0.05, 0.1) is 33.4 Å². The second-order valence-corrected chi connectivity index (χ2v) is 14.5. The zero-order valence-electron chi connectivity index (χ0n) is 19.9. The van der Waals surface area contributed by atoms with Crippen LogP contribution in [-0.4, -0.2) is 57.6 Å². The summed E-state index contributed by atoms with van der Waals surface area (Å²) >= 11 is 0. The van der Waals surface area contributed by atoms with Gasteiger partial charge in [0, 0.05) is 11.6 Å². The van der Waals surface area contributed by atoms with E-state index in [1.807, 2.05) is 0 Å². The second-order valence-electron chi connectivity index (χ2n) is 10.3. The van der Waals surface area contributed by atoms with E-state index in [1.165, 1.54) is 0 Å². The van der Waals surface area contributed by atoms with E-state index in [-0.39, 0.29) is 68.4 Å². The number of ether oxygens (including phenoxy) is 1. The molecule has 214 valence electrons. The smallest absolute Gasteiger partial charge is 0.406 e. The van der Waals surface area contributed by atoms with Crippen LogP contribution in [0.2, 0.25) is 0 Å². The fraction of sp³-hybridized carbons (Fsp3) is 0.682. The molecule has 4 fully saturated rings. The van der Waals surface area contributed by atoms with Gasteiger partial charge in [-0.05, 0) is 63.5 Å². The monoisotopic (exact) mass is 592 g/mol. The SMILES string of the molecule is O=C(NC12CCC(C(F)(F)F)(CC1)CC2)c1ccc(OC(F)(F)F)cc1NS(=O)(=O)C1CCS(=O)(=O)CC1. The van der Waals surface area contributed by atoms with Crippen molar-refractivity contribution in [3.63, 3.8) is 0 Å². The molecule has 1 aromatic carbocycles. The largest absolute Gasteiger partial charge is 0.573 e. The highest BCUT2D eigenvalue weighted by Crippen LogP contribution is 2.59. The van der Waals surface area contributed by atoms with Crippen LogP contribution in [0.4, 0.5) is 32.0 Å². The van der Waals surface area contributed by atoms with Crippen LogP contribution < -0.4 is 14.8 Å². The maximum absolute atomic E-state index is 13.6. The molecule has 3 aliphatic carbocycles. The van der Waals surface area contributed by atoms with Crippen LogP contribution in [0.3, 0.4) is 0 Å². The van der Waals surface area contributed by atoms with E-state index in [4.69, 9.17) is 0 Å². The van der Waals surface area contributed by atoms with Crippen LogP contribution in [0.1, 0.15) is 61.7 Å². The van der Waals surface area contributed by atoms with Crippen LogP contribution in [0.5, 0.6) is 5.75 Å². The number of carbonyl (C=O) groups excluding carboxylic acids is 1. The van der Waals surface area contributed by atoms with Gasteiger partial charge < -0.3 is 10.1 Å². The molecule has 4 aliphatic rings. The van der Waals surface area contributed by atoms with Crippen molar-refractivity contribution in [2.24, 2.45) is 5.41 Å². The van der Waals surface area contributed by atoms with E-state index in [1.54, 1.807) is 0 Å². The Labute approximate surface area is 215 Å². The van der Waals surface area contributed by atoms with E-state index in [0.717, 1.165) is 12.1 Å². The van der Waals surface area contributed by atoms with Crippen molar-refractivity contribution < 1.29 is 52.7 Å². The molecular weight excluding hydrogens is 566 g/mol. The molecule has 38 heavy (non-hydrogen) atoms. The van der Waals surface area contributed by atoms with Gasteiger partial charge in [-0.15, -0.1) is 13.2 Å². The molecule has 0 radical (unpaired) electrons. The number of hydrogen-bond donors (Lipinski definition) is 2. The van der Waals surface area contributed by atoms with Gasteiger partial charge in [-0.3, -0.25) is 9.52 Å². The van der Waals surface area contributed by atoms with Gasteiger partial charge in [0.25, 0.3) is 5.91 Å². The predicted molar refractivity (Wildman–Crippen MR) is 124 cm³/mol. The lowest BCUT2D eigenvalue weighted by molar-refractivity contribution is -0.274. The predicted octanol–water partition coefficient (Wildman–Crippen LogP) is 4.29. The third kappa shape index (κ3) is 6.00. The third-order valence-electron chi connectivity index (χ3n) is 7.89. The third-order valence-corrected chi connectivity index (χ3v) is 11.5. The zero-order chi connectivity index (χ0) is 28.2. The molecule has 1 saturated heterocycles. The Hall–Kier alpha value is -2.23. The molecule has 5 rings (SSSR count). The van der Waals surface area contributed by atoms with Crippen molar-refractivity contribution in [1.82, 2.24) is 5.32 Å². The standard InChI is InChI=1S/C22H26F6N2O6S2/c23-21(24,25)19-5-8-20(9-6-19,10-7-19)29-18(31)16-2-1-14(36-22(26,27)28)13-17(16)30-38(34,35)15-3-11-37(32,33)12-4-15/h1-2,13,15,30H,3-12H2,(H,29,31). The van der Waals surface area contributed by atoms with Gasteiger partial charge in [-0.25, -0.2) is 16.8 Å². The maximum atomic E-state index is 13.6. The molecule has 0 unspecified atom stereocenters. The molecule has 1 aliphatic heterocycles. The summed E-state index contributed by atoms with van der Waals surface area (Å²) in [7, 11) is -7.74. The molecule has 1 aromatic rings. The zero-order valence-corrected chi connectivity index (χ0v) is 21.5. The fourth-order valence-electron chi connectivity index (χ4n) is 5.52. The van der Waals surface area contributed by atoms with Crippen molar-refractivity contribution in [3.05, 3.63) is 23.8 Å². The molecule has 0 aromatic heterocycles. The number of hydrogen-bond acceptors (Lipinski definition) is 6. The Morgan fingerprint density at radius 1 is 0.947 bits per heavy atom. The Kier molecular flexibility index (Phi) is 7.16. The normalized spacial score (nSPS) is 28.1. The Morgan fingerprint density at radius 3 is 2.00 bits per heavy atom. The first-order chi connectivity index (χ1) is 17.3. The minimum atomic E-state index is -5.11. The van der Waals surface area contributed by atoms with Gasteiger partial charge in [0.15, 0.2) is 0 Å². The summed E-state index contributed by atoms with van der Waals surface area (Å²) in [5.74, 6) is -2.44. The van der Waals surface area contributed by atoms with Gasteiger partial charge in [0.2, 0.25) is 10.0 Å².